The van der Waals surface area contributed by atoms with Gasteiger partial charge in [0.2, 0.25) is 0 Å². The Kier molecular flexibility index (Phi) is 15.4. The first-order valence-electron chi connectivity index (χ1n) is 11.8. The van der Waals surface area contributed by atoms with E-state index < -0.39 is 39.5 Å². The summed E-state index contributed by atoms with van der Waals surface area (Å²) in [4.78, 5) is 0.356. The molecule has 0 saturated carbocycles. The van der Waals surface area contributed by atoms with E-state index in [0.717, 1.165) is 57.8 Å². The number of hydrogen-bond donors (Lipinski definition) is 3. The summed E-state index contributed by atoms with van der Waals surface area (Å²) < 4.78 is 72.4. The van der Waals surface area contributed by atoms with Crippen molar-refractivity contribution in [3.05, 3.63) is 54.1 Å². The zero-order valence-corrected chi connectivity index (χ0v) is 23.1. The summed E-state index contributed by atoms with van der Waals surface area (Å²) in [5.41, 5.74) is 6.84. The van der Waals surface area contributed by atoms with Crippen LogP contribution in [0.5, 0.6) is 0 Å². The van der Waals surface area contributed by atoms with Gasteiger partial charge in [-0.05, 0) is 55.2 Å². The van der Waals surface area contributed by atoms with Crippen LogP contribution in [-0.4, -0.2) is 30.8 Å². The third-order valence-electron chi connectivity index (χ3n) is 5.60. The van der Waals surface area contributed by atoms with Gasteiger partial charge in [-0.3, -0.25) is 4.55 Å². The fourth-order valence-corrected chi connectivity index (χ4v) is 5.90. The summed E-state index contributed by atoms with van der Waals surface area (Å²) in [7, 11) is -7.38. The minimum absolute atomic E-state index is 0.0151. The van der Waals surface area contributed by atoms with Crippen LogP contribution in [0.2, 0.25) is 0 Å². The van der Waals surface area contributed by atoms with Gasteiger partial charge in [-0.15, -0.1) is 0 Å². The van der Waals surface area contributed by atoms with Crippen molar-refractivity contribution in [2.45, 2.75) is 80.4 Å². The number of nitrogen functional groups attached to an aromatic ring is 1. The van der Waals surface area contributed by atoms with E-state index in [2.05, 4.69) is 0 Å². The summed E-state index contributed by atoms with van der Waals surface area (Å²) in [6.07, 6.45) is 10.9. The second-order valence-electron chi connectivity index (χ2n) is 8.35. The molecule has 35 heavy (non-hydrogen) atoms. The van der Waals surface area contributed by atoms with Gasteiger partial charge in [0.05, 0.1) is 15.5 Å². The first-order chi connectivity index (χ1) is 16.6. The molecule has 195 valence electrons. The van der Waals surface area contributed by atoms with Gasteiger partial charge in [-0.25, -0.2) is 8.42 Å². The molecule has 0 radical (unpaired) electrons. The SMILES string of the molecule is Nc1ccc(S(=O)(=O)CCCCCCCCCCCCc2ccccc2S(=O)(=O)O)cc1.[O]=[Ti][OH]. The average molecular weight is 563 g/mol. The number of nitrogens with two attached hydrogens (primary N) is 1. The molecule has 0 aliphatic heterocycles. The first-order valence-corrected chi connectivity index (χ1v) is 16.2. The van der Waals surface area contributed by atoms with E-state index in [-0.39, 0.29) is 10.6 Å². The summed E-state index contributed by atoms with van der Waals surface area (Å²) in [6, 6.07) is 13.0. The Hall–Kier alpha value is -1.43. The van der Waals surface area contributed by atoms with Crippen molar-refractivity contribution in [2.24, 2.45) is 0 Å². The van der Waals surface area contributed by atoms with E-state index in [0.29, 0.717) is 29.0 Å². The van der Waals surface area contributed by atoms with Crippen molar-refractivity contribution < 1.29 is 47.9 Å². The molecule has 0 saturated heterocycles. The number of hydrogen-bond acceptors (Lipinski definition) is 6. The van der Waals surface area contributed by atoms with Gasteiger partial charge in [0, 0.05) is 5.69 Å². The van der Waals surface area contributed by atoms with Crippen LogP contribution in [0.4, 0.5) is 5.69 Å². The van der Waals surface area contributed by atoms with Crippen LogP contribution in [-0.2, 0) is 49.2 Å². The van der Waals surface area contributed by atoms with E-state index in [1.807, 2.05) is 0 Å². The third kappa shape index (κ3) is 13.5. The Morgan fingerprint density at radius 1 is 0.714 bits per heavy atom. The molecule has 0 aromatic heterocycles. The van der Waals surface area contributed by atoms with E-state index in [1.165, 1.54) is 6.07 Å². The number of sulfone groups is 1. The Bertz CT molecular complexity index is 1090. The molecule has 0 aliphatic rings. The summed E-state index contributed by atoms with van der Waals surface area (Å²) >= 11 is -1.75. The quantitative estimate of drug-likeness (QED) is 0.122. The maximum atomic E-state index is 12.3. The Balaban J connectivity index is 0.00000194. The Morgan fingerprint density at radius 2 is 1.17 bits per heavy atom. The molecular weight excluding hydrogens is 526 g/mol. The molecule has 11 heteroatoms. The van der Waals surface area contributed by atoms with Crippen LogP contribution in [0.25, 0.3) is 0 Å². The van der Waals surface area contributed by atoms with Crippen molar-refractivity contribution >= 4 is 25.6 Å². The first kappa shape index (κ1) is 31.6. The Labute approximate surface area is 218 Å². The predicted octanol–water partition coefficient (Wildman–Crippen LogP) is 4.75. The van der Waals surface area contributed by atoms with E-state index in [9.17, 15) is 21.4 Å². The second-order valence-corrected chi connectivity index (χ2v) is 12.1. The molecule has 0 amide bonds. The molecule has 0 spiro atoms. The fourth-order valence-electron chi connectivity index (χ4n) is 3.78. The van der Waals surface area contributed by atoms with E-state index in [1.54, 1.807) is 42.5 Å². The van der Waals surface area contributed by atoms with Gasteiger partial charge >= 0.3 is 26.5 Å². The van der Waals surface area contributed by atoms with Gasteiger partial charge in [0.25, 0.3) is 10.1 Å². The van der Waals surface area contributed by atoms with Crippen LogP contribution in [0, 0.1) is 0 Å². The number of anilines is 1. The Morgan fingerprint density at radius 3 is 1.69 bits per heavy atom. The molecule has 8 nitrogen and oxygen atoms in total. The van der Waals surface area contributed by atoms with Crippen LogP contribution in [0.15, 0.2) is 58.3 Å². The second kappa shape index (κ2) is 17.1. The van der Waals surface area contributed by atoms with Gasteiger partial charge < -0.3 is 5.73 Å². The van der Waals surface area contributed by atoms with Crippen molar-refractivity contribution in [1.82, 2.24) is 0 Å². The monoisotopic (exact) mass is 562 g/mol. The van der Waals surface area contributed by atoms with Crippen LogP contribution < -0.4 is 5.73 Å². The number of unbranched alkanes of at least 4 members (excludes halogenated alkanes) is 9. The third-order valence-corrected chi connectivity index (χ3v) is 8.37. The summed E-state index contributed by atoms with van der Waals surface area (Å²) in [5.74, 6) is 0.178. The zero-order chi connectivity index (χ0) is 26.2. The molecule has 2 aromatic rings. The standard InChI is InChI=1S/C24H35NO5S2.H2O.O.Ti/c25-22-16-18-23(19-17-22)31(26,27)20-12-8-6-4-2-1-3-5-7-9-13-21-14-10-11-15-24(21)32(28,29)30;;;/h10-11,14-19H,1-9,12-13,20,25H2,(H,28,29,30);1H2;;/q;;;+1/p-1. The van der Waals surface area contributed by atoms with Gasteiger partial charge in [-0.1, -0.05) is 69.6 Å². The molecule has 0 unspecified atom stereocenters. The normalized spacial score (nSPS) is 11.4. The fraction of sp³-hybridized carbons (Fsp3) is 0.500. The predicted molar refractivity (Wildman–Crippen MR) is 132 cm³/mol. The van der Waals surface area contributed by atoms with Crippen molar-refractivity contribution in [2.75, 3.05) is 11.5 Å². The van der Waals surface area contributed by atoms with Crippen LogP contribution in [0.3, 0.4) is 0 Å². The topological polar surface area (TPSA) is 152 Å². The van der Waals surface area contributed by atoms with Crippen molar-refractivity contribution in [3.8, 4) is 0 Å². The summed E-state index contributed by atoms with van der Waals surface area (Å²) in [5, 5.41) is 0. The molecule has 0 aliphatic carbocycles. The molecule has 0 bridgehead atoms. The molecule has 4 N–H and O–H groups in total. The maximum absolute atomic E-state index is 12.3. The molecule has 0 fully saturated rings. The van der Waals surface area contributed by atoms with Gasteiger partial charge in [0.15, 0.2) is 9.84 Å². The van der Waals surface area contributed by atoms with Crippen LogP contribution >= 0.6 is 0 Å². The minimum atomic E-state index is -4.16. The number of aryl methyl sites for hydroxylation is 1. The van der Waals surface area contributed by atoms with E-state index >= 15 is 0 Å². The molecule has 2 aromatic carbocycles. The van der Waals surface area contributed by atoms with Gasteiger partial charge in [-0.2, -0.15) is 8.42 Å². The molecule has 2 rings (SSSR count). The van der Waals surface area contributed by atoms with Crippen molar-refractivity contribution in [3.63, 3.8) is 0 Å². The number of benzene rings is 2. The van der Waals surface area contributed by atoms with Gasteiger partial charge in [0.1, 0.15) is 0 Å². The van der Waals surface area contributed by atoms with Crippen molar-refractivity contribution in [1.29, 1.82) is 0 Å². The number of rotatable bonds is 15. The molecular formula is C24H36NO7S2Ti. The van der Waals surface area contributed by atoms with Crippen LogP contribution in [0.1, 0.15) is 69.8 Å². The average Bonchev–Trinajstić information content (AvgIpc) is 2.80. The molecule has 0 atom stereocenters. The summed E-state index contributed by atoms with van der Waals surface area (Å²) in [6.45, 7) is 0. The molecule has 0 heterocycles. The zero-order valence-electron chi connectivity index (χ0n) is 19.9. The van der Waals surface area contributed by atoms with E-state index in [4.69, 9.17) is 12.7 Å².